The molecule has 4 heterocycles. The molecule has 2 aromatic rings. The Bertz CT molecular complexity index is 714. The molecule has 2 unspecified atom stereocenters. The molecule has 132 valence electrons. The normalized spacial score (nSPS) is 25.4. The Morgan fingerprint density at radius 2 is 1.80 bits per heavy atom. The molecule has 25 heavy (non-hydrogen) atoms. The van der Waals surface area contributed by atoms with E-state index in [1.807, 2.05) is 19.9 Å². The lowest BCUT2D eigenvalue weighted by Gasteiger charge is -2.38. The van der Waals surface area contributed by atoms with Crippen molar-refractivity contribution in [3.05, 3.63) is 36.3 Å². The molecule has 0 spiro atoms. The molecule has 4 rings (SSSR count). The van der Waals surface area contributed by atoms with E-state index in [-0.39, 0.29) is 30.1 Å². The predicted molar refractivity (Wildman–Crippen MR) is 91.3 cm³/mol. The van der Waals surface area contributed by atoms with Gasteiger partial charge in [0.2, 0.25) is 5.88 Å². The summed E-state index contributed by atoms with van der Waals surface area (Å²) in [4.78, 5) is 21.1. The van der Waals surface area contributed by atoms with Crippen LogP contribution in [0.2, 0.25) is 0 Å². The zero-order valence-corrected chi connectivity index (χ0v) is 14.6. The topological polar surface area (TPSA) is 73.1 Å². The molecule has 2 atom stereocenters. The summed E-state index contributed by atoms with van der Waals surface area (Å²) >= 11 is 0. The first-order valence-corrected chi connectivity index (χ1v) is 8.93. The Kier molecular flexibility index (Phi) is 4.15. The van der Waals surface area contributed by atoms with E-state index in [1.165, 1.54) is 0 Å². The fourth-order valence-corrected chi connectivity index (χ4v) is 4.05. The third kappa shape index (κ3) is 3.10. The summed E-state index contributed by atoms with van der Waals surface area (Å²) < 4.78 is 5.55. The van der Waals surface area contributed by atoms with Crippen LogP contribution in [0.4, 0.5) is 0 Å². The molecule has 7 nitrogen and oxygen atoms in total. The summed E-state index contributed by atoms with van der Waals surface area (Å²) in [5.74, 6) is 0.626. The summed E-state index contributed by atoms with van der Waals surface area (Å²) in [7, 11) is 0. The molecule has 2 aromatic heterocycles. The minimum atomic E-state index is 0.0693. The van der Waals surface area contributed by atoms with Crippen molar-refractivity contribution in [1.82, 2.24) is 24.9 Å². The molecule has 2 saturated heterocycles. The molecule has 0 aliphatic carbocycles. The van der Waals surface area contributed by atoms with Gasteiger partial charge in [0.05, 0.1) is 30.1 Å². The van der Waals surface area contributed by atoms with Crippen molar-refractivity contribution in [1.29, 1.82) is 0 Å². The molecular weight excluding hydrogens is 318 g/mol. The minimum Gasteiger partial charge on any atom is -0.475 e. The summed E-state index contributed by atoms with van der Waals surface area (Å²) in [6, 6.07) is 4.39. The monoisotopic (exact) mass is 341 g/mol. The van der Waals surface area contributed by atoms with Gasteiger partial charge in [0, 0.05) is 24.3 Å². The number of hydrogen-bond donors (Lipinski definition) is 0. The average molecular weight is 341 g/mol. The van der Waals surface area contributed by atoms with Crippen LogP contribution in [0, 0.1) is 0 Å². The number of ether oxygens (including phenoxy) is 1. The smallest absolute Gasteiger partial charge is 0.255 e. The van der Waals surface area contributed by atoms with Crippen LogP contribution >= 0.6 is 0 Å². The third-order valence-corrected chi connectivity index (χ3v) is 5.05. The van der Waals surface area contributed by atoms with Crippen molar-refractivity contribution < 1.29 is 9.53 Å². The minimum absolute atomic E-state index is 0.0693. The van der Waals surface area contributed by atoms with Gasteiger partial charge in [-0.3, -0.25) is 4.79 Å². The van der Waals surface area contributed by atoms with Gasteiger partial charge < -0.3 is 9.64 Å². The Morgan fingerprint density at radius 1 is 1.12 bits per heavy atom. The van der Waals surface area contributed by atoms with Crippen LogP contribution in [0.3, 0.4) is 0 Å². The zero-order chi connectivity index (χ0) is 17.4. The van der Waals surface area contributed by atoms with Gasteiger partial charge in [-0.15, -0.1) is 0 Å². The third-order valence-electron chi connectivity index (χ3n) is 5.05. The van der Waals surface area contributed by atoms with Crippen LogP contribution in [0.15, 0.2) is 30.7 Å². The second kappa shape index (κ2) is 6.46. The van der Waals surface area contributed by atoms with Crippen LogP contribution in [0.25, 0.3) is 0 Å². The highest BCUT2D eigenvalue weighted by molar-refractivity contribution is 5.94. The van der Waals surface area contributed by atoms with Crippen LogP contribution < -0.4 is 4.74 Å². The van der Waals surface area contributed by atoms with Gasteiger partial charge in [-0.1, -0.05) is 0 Å². The van der Waals surface area contributed by atoms with Gasteiger partial charge in [-0.05, 0) is 45.6 Å². The first-order chi connectivity index (χ1) is 12.1. The Labute approximate surface area is 147 Å². The summed E-state index contributed by atoms with van der Waals surface area (Å²) in [5.41, 5.74) is 0.628. The molecule has 2 fully saturated rings. The predicted octanol–water partition coefficient (Wildman–Crippen LogP) is 2.47. The Morgan fingerprint density at radius 3 is 2.36 bits per heavy atom. The lowest BCUT2D eigenvalue weighted by Crippen LogP contribution is -2.47. The maximum Gasteiger partial charge on any atom is 0.255 e. The van der Waals surface area contributed by atoms with Crippen molar-refractivity contribution >= 4 is 5.91 Å². The maximum absolute atomic E-state index is 13.0. The molecule has 0 saturated carbocycles. The number of carbonyl (C=O) groups excluding carboxylic acids is 1. The summed E-state index contributed by atoms with van der Waals surface area (Å²) in [6.07, 6.45) is 9.06. The molecule has 2 bridgehead atoms. The van der Waals surface area contributed by atoms with Crippen molar-refractivity contribution in [3.63, 3.8) is 0 Å². The fraction of sp³-hybridized carbons (Fsp3) is 0.556. The van der Waals surface area contributed by atoms with E-state index in [1.54, 1.807) is 29.5 Å². The fourth-order valence-electron chi connectivity index (χ4n) is 4.05. The van der Waals surface area contributed by atoms with Crippen molar-refractivity contribution in [2.45, 2.75) is 63.8 Å². The van der Waals surface area contributed by atoms with Crippen LogP contribution in [-0.4, -0.2) is 49.0 Å². The first-order valence-electron chi connectivity index (χ1n) is 8.93. The van der Waals surface area contributed by atoms with E-state index in [2.05, 4.69) is 20.1 Å². The highest BCUT2D eigenvalue weighted by Crippen LogP contribution is 2.41. The van der Waals surface area contributed by atoms with E-state index in [0.29, 0.717) is 11.4 Å². The molecule has 2 aliphatic heterocycles. The highest BCUT2D eigenvalue weighted by atomic mass is 16.5. The van der Waals surface area contributed by atoms with Crippen molar-refractivity contribution in [3.8, 4) is 5.88 Å². The summed E-state index contributed by atoms with van der Waals surface area (Å²) in [5, 5.41) is 8.55. The first kappa shape index (κ1) is 16.1. The van der Waals surface area contributed by atoms with E-state index < -0.39 is 0 Å². The van der Waals surface area contributed by atoms with Gasteiger partial charge in [0.25, 0.3) is 5.91 Å². The largest absolute Gasteiger partial charge is 0.475 e. The molecule has 1 amide bonds. The highest BCUT2D eigenvalue weighted by Gasteiger charge is 2.44. The SMILES string of the molecule is CC(C)Oc1ccc(C(=O)N2C3CCC2CC(n2nccn2)C3)cn1. The summed E-state index contributed by atoms with van der Waals surface area (Å²) in [6.45, 7) is 3.91. The van der Waals surface area contributed by atoms with Crippen molar-refractivity contribution in [2.24, 2.45) is 0 Å². The van der Waals surface area contributed by atoms with Gasteiger partial charge >= 0.3 is 0 Å². The number of rotatable bonds is 4. The molecular formula is C18H23N5O2. The Balaban J connectivity index is 1.48. The Hall–Kier alpha value is -2.44. The van der Waals surface area contributed by atoms with Crippen molar-refractivity contribution in [2.75, 3.05) is 0 Å². The van der Waals surface area contributed by atoms with Gasteiger partial charge in [-0.25, -0.2) is 4.98 Å². The van der Waals surface area contributed by atoms with Crippen LogP contribution in [0.1, 0.15) is 55.9 Å². The maximum atomic E-state index is 13.0. The zero-order valence-electron chi connectivity index (χ0n) is 14.6. The molecule has 0 radical (unpaired) electrons. The molecule has 2 aliphatic rings. The standard InChI is InChI=1S/C18H23N5O2/c1-12(2)25-17-6-3-13(11-19-17)18(24)22-14-4-5-15(22)10-16(9-14)23-20-7-8-21-23/h3,6-8,11-12,14-16H,4-5,9-10H2,1-2H3. The number of fused-ring (bicyclic) bond motifs is 2. The quantitative estimate of drug-likeness (QED) is 0.854. The van der Waals surface area contributed by atoms with Gasteiger partial charge in [0.1, 0.15) is 0 Å². The molecule has 0 N–H and O–H groups in total. The molecule has 0 aromatic carbocycles. The lowest BCUT2D eigenvalue weighted by atomic mass is 9.97. The average Bonchev–Trinajstić information content (AvgIpc) is 3.21. The van der Waals surface area contributed by atoms with E-state index in [9.17, 15) is 4.79 Å². The number of nitrogens with zero attached hydrogens (tertiary/aromatic N) is 5. The number of aromatic nitrogens is 4. The van der Waals surface area contributed by atoms with Gasteiger partial charge in [0.15, 0.2) is 0 Å². The number of amides is 1. The van der Waals surface area contributed by atoms with E-state index in [0.717, 1.165) is 25.7 Å². The second-order valence-corrected chi connectivity index (χ2v) is 7.12. The second-order valence-electron chi connectivity index (χ2n) is 7.12. The van der Waals surface area contributed by atoms with Crippen LogP contribution in [-0.2, 0) is 0 Å². The van der Waals surface area contributed by atoms with E-state index >= 15 is 0 Å². The van der Waals surface area contributed by atoms with Crippen LogP contribution in [0.5, 0.6) is 5.88 Å². The molecule has 7 heteroatoms. The number of carbonyl (C=O) groups is 1. The van der Waals surface area contributed by atoms with E-state index in [4.69, 9.17) is 4.74 Å². The van der Waals surface area contributed by atoms with Gasteiger partial charge in [-0.2, -0.15) is 15.0 Å². The number of pyridine rings is 1. The lowest BCUT2D eigenvalue weighted by molar-refractivity contribution is 0.0511. The number of hydrogen-bond acceptors (Lipinski definition) is 5. The number of piperidine rings is 1.